The predicted octanol–water partition coefficient (Wildman–Crippen LogP) is 3.25. The minimum Gasteiger partial charge on any atom is -0.350 e. The molecular weight excluding hydrogens is 243 g/mol. The molecule has 1 saturated carbocycles. The summed E-state index contributed by atoms with van der Waals surface area (Å²) in [4.78, 5) is 4.39. The van der Waals surface area contributed by atoms with Crippen LogP contribution < -0.4 is 5.32 Å². The van der Waals surface area contributed by atoms with Crippen LogP contribution in [0.4, 0.5) is 10.3 Å². The molecule has 1 aliphatic carbocycles. The monoisotopic (exact) mass is 262 g/mol. The molecule has 3 rings (SSSR count). The van der Waals surface area contributed by atoms with Crippen LogP contribution in [0.5, 0.6) is 0 Å². The summed E-state index contributed by atoms with van der Waals surface area (Å²) in [5.41, 5.74) is 0.674. The van der Waals surface area contributed by atoms with Crippen LogP contribution >= 0.6 is 0 Å². The molecule has 2 unspecified atom stereocenters. The van der Waals surface area contributed by atoms with Crippen LogP contribution in [-0.4, -0.2) is 20.6 Å². The van der Waals surface area contributed by atoms with Gasteiger partial charge in [-0.05, 0) is 30.9 Å². The minimum absolute atomic E-state index is 0.298. The average Bonchev–Trinajstić information content (AvgIpc) is 2.80. The highest BCUT2D eigenvalue weighted by atomic mass is 19.1. The summed E-state index contributed by atoms with van der Waals surface area (Å²) in [6.45, 7) is 2.23. The van der Waals surface area contributed by atoms with E-state index in [0.29, 0.717) is 23.6 Å². The first-order valence-corrected chi connectivity index (χ1v) is 7.04. The Labute approximate surface area is 112 Å². The molecule has 0 aliphatic heterocycles. The van der Waals surface area contributed by atoms with Crippen LogP contribution in [0.3, 0.4) is 0 Å². The molecule has 1 aliphatic rings. The molecular formula is C14H19FN4. The minimum atomic E-state index is -0.298. The first-order chi connectivity index (χ1) is 9.26. The molecule has 102 valence electrons. The molecule has 2 aromatic heterocycles. The lowest BCUT2D eigenvalue weighted by Gasteiger charge is -2.31. The summed E-state index contributed by atoms with van der Waals surface area (Å²) < 4.78 is 14.6. The van der Waals surface area contributed by atoms with E-state index in [9.17, 15) is 4.39 Å². The maximum absolute atomic E-state index is 13.1. The van der Waals surface area contributed by atoms with Gasteiger partial charge in [-0.2, -0.15) is 4.98 Å². The van der Waals surface area contributed by atoms with E-state index in [0.717, 1.165) is 0 Å². The number of hydrogen-bond donors (Lipinski definition) is 1. The SMILES string of the molecule is CCC1CCCCC1Nc1nc2ccc(F)cn2n1. The van der Waals surface area contributed by atoms with E-state index in [2.05, 4.69) is 22.3 Å². The molecule has 2 atom stereocenters. The topological polar surface area (TPSA) is 42.2 Å². The van der Waals surface area contributed by atoms with Crippen molar-refractivity contribution in [2.24, 2.45) is 5.92 Å². The van der Waals surface area contributed by atoms with Gasteiger partial charge in [0.2, 0.25) is 5.95 Å². The Kier molecular flexibility index (Phi) is 3.36. The number of nitrogens with one attached hydrogen (secondary N) is 1. The molecule has 0 saturated heterocycles. The first-order valence-electron chi connectivity index (χ1n) is 7.04. The van der Waals surface area contributed by atoms with E-state index in [1.165, 1.54) is 48.9 Å². The molecule has 1 N–H and O–H groups in total. The lowest BCUT2D eigenvalue weighted by atomic mass is 9.83. The van der Waals surface area contributed by atoms with Crippen molar-refractivity contribution in [3.05, 3.63) is 24.1 Å². The van der Waals surface area contributed by atoms with Crippen molar-refractivity contribution in [1.82, 2.24) is 14.6 Å². The Bertz CT molecular complexity index is 566. The van der Waals surface area contributed by atoms with Crippen LogP contribution in [0, 0.1) is 11.7 Å². The number of nitrogens with zero attached hydrogens (tertiary/aromatic N) is 3. The van der Waals surface area contributed by atoms with Gasteiger partial charge in [0.15, 0.2) is 5.65 Å². The van der Waals surface area contributed by atoms with E-state index in [-0.39, 0.29) is 5.82 Å². The zero-order valence-electron chi connectivity index (χ0n) is 11.1. The van der Waals surface area contributed by atoms with Crippen molar-refractivity contribution in [2.75, 3.05) is 5.32 Å². The molecule has 0 spiro atoms. The fourth-order valence-corrected chi connectivity index (χ4v) is 2.97. The molecule has 4 nitrogen and oxygen atoms in total. The van der Waals surface area contributed by atoms with Crippen LogP contribution in [-0.2, 0) is 0 Å². The molecule has 1 fully saturated rings. The second kappa shape index (κ2) is 5.15. The summed E-state index contributed by atoms with van der Waals surface area (Å²) in [5.74, 6) is 1.00. The van der Waals surface area contributed by atoms with E-state index in [1.807, 2.05) is 0 Å². The Balaban J connectivity index is 1.80. The summed E-state index contributed by atoms with van der Waals surface area (Å²) in [5, 5.41) is 7.72. The fourth-order valence-electron chi connectivity index (χ4n) is 2.97. The Hall–Kier alpha value is -1.65. The lowest BCUT2D eigenvalue weighted by molar-refractivity contribution is 0.316. The third-order valence-electron chi connectivity index (χ3n) is 4.04. The summed E-state index contributed by atoms with van der Waals surface area (Å²) in [7, 11) is 0. The maximum atomic E-state index is 13.1. The molecule has 0 amide bonds. The van der Waals surface area contributed by atoms with Crippen LogP contribution in [0.1, 0.15) is 39.0 Å². The van der Waals surface area contributed by atoms with Crippen molar-refractivity contribution >= 4 is 11.6 Å². The number of rotatable bonds is 3. The number of anilines is 1. The van der Waals surface area contributed by atoms with E-state index < -0.39 is 0 Å². The van der Waals surface area contributed by atoms with Gasteiger partial charge in [0, 0.05) is 6.04 Å². The second-order valence-corrected chi connectivity index (χ2v) is 5.29. The first kappa shape index (κ1) is 12.4. The van der Waals surface area contributed by atoms with Crippen molar-refractivity contribution < 1.29 is 4.39 Å². The number of halogens is 1. The van der Waals surface area contributed by atoms with Crippen LogP contribution in [0.25, 0.3) is 5.65 Å². The summed E-state index contributed by atoms with van der Waals surface area (Å²) in [6.07, 6.45) is 7.56. The van der Waals surface area contributed by atoms with Gasteiger partial charge in [-0.3, -0.25) is 0 Å². The highest BCUT2D eigenvalue weighted by Gasteiger charge is 2.24. The predicted molar refractivity (Wildman–Crippen MR) is 72.6 cm³/mol. The van der Waals surface area contributed by atoms with Gasteiger partial charge >= 0.3 is 0 Å². The molecule has 5 heteroatoms. The number of hydrogen-bond acceptors (Lipinski definition) is 3. The molecule has 2 heterocycles. The normalized spacial score (nSPS) is 23.7. The number of pyridine rings is 1. The highest BCUT2D eigenvalue weighted by molar-refractivity contribution is 5.43. The summed E-state index contributed by atoms with van der Waals surface area (Å²) in [6, 6.07) is 3.50. The Morgan fingerprint density at radius 2 is 2.21 bits per heavy atom. The smallest absolute Gasteiger partial charge is 0.243 e. The van der Waals surface area contributed by atoms with Gasteiger partial charge in [0.05, 0.1) is 6.20 Å². The Morgan fingerprint density at radius 3 is 3.05 bits per heavy atom. The maximum Gasteiger partial charge on any atom is 0.243 e. The second-order valence-electron chi connectivity index (χ2n) is 5.29. The Morgan fingerprint density at radius 1 is 1.37 bits per heavy atom. The third kappa shape index (κ3) is 2.55. The van der Waals surface area contributed by atoms with Crippen molar-refractivity contribution in [3.8, 4) is 0 Å². The lowest BCUT2D eigenvalue weighted by Crippen LogP contribution is -2.32. The molecule has 0 aromatic carbocycles. The van der Waals surface area contributed by atoms with Gasteiger partial charge in [-0.15, -0.1) is 5.10 Å². The van der Waals surface area contributed by atoms with Gasteiger partial charge in [0.25, 0.3) is 0 Å². The quantitative estimate of drug-likeness (QED) is 0.923. The van der Waals surface area contributed by atoms with Gasteiger partial charge < -0.3 is 5.32 Å². The fraction of sp³-hybridized carbons (Fsp3) is 0.571. The van der Waals surface area contributed by atoms with E-state index in [4.69, 9.17) is 0 Å². The van der Waals surface area contributed by atoms with Crippen LogP contribution in [0.2, 0.25) is 0 Å². The summed E-state index contributed by atoms with van der Waals surface area (Å²) >= 11 is 0. The highest BCUT2D eigenvalue weighted by Crippen LogP contribution is 2.28. The van der Waals surface area contributed by atoms with Crippen LogP contribution in [0.15, 0.2) is 18.3 Å². The zero-order valence-corrected chi connectivity index (χ0v) is 11.1. The number of aromatic nitrogens is 3. The average molecular weight is 262 g/mol. The van der Waals surface area contributed by atoms with Gasteiger partial charge in [0.1, 0.15) is 5.82 Å². The number of fused-ring (bicyclic) bond motifs is 1. The van der Waals surface area contributed by atoms with Gasteiger partial charge in [-0.25, -0.2) is 8.91 Å². The third-order valence-corrected chi connectivity index (χ3v) is 4.04. The largest absolute Gasteiger partial charge is 0.350 e. The molecule has 19 heavy (non-hydrogen) atoms. The zero-order chi connectivity index (χ0) is 13.2. The molecule has 2 aromatic rings. The van der Waals surface area contributed by atoms with Crippen molar-refractivity contribution in [1.29, 1.82) is 0 Å². The molecule has 0 bridgehead atoms. The van der Waals surface area contributed by atoms with E-state index in [1.54, 1.807) is 6.07 Å². The van der Waals surface area contributed by atoms with Crippen molar-refractivity contribution in [3.63, 3.8) is 0 Å². The standard InChI is InChI=1S/C14H19FN4/c1-2-10-5-3-4-6-12(10)16-14-17-13-8-7-11(15)9-19(13)18-14/h7-10,12H,2-6H2,1H3,(H,16,18). The van der Waals surface area contributed by atoms with E-state index >= 15 is 0 Å². The molecule has 0 radical (unpaired) electrons. The van der Waals surface area contributed by atoms with Crippen molar-refractivity contribution in [2.45, 2.75) is 45.1 Å². The van der Waals surface area contributed by atoms with Gasteiger partial charge in [-0.1, -0.05) is 26.2 Å².